The summed E-state index contributed by atoms with van der Waals surface area (Å²) < 4.78 is 5.46. The standard InChI is InChI=1S/C12H13O/c1-3-5-10-13-12-8-6-11(4-2)7-9-12/h6-9H,3,5,10H2,1H3. The highest BCUT2D eigenvalue weighted by molar-refractivity contribution is 5.35. The van der Waals surface area contributed by atoms with Crippen molar-refractivity contribution >= 4 is 0 Å². The fourth-order valence-corrected chi connectivity index (χ4v) is 0.969. The Morgan fingerprint density at radius 1 is 1.31 bits per heavy atom. The van der Waals surface area contributed by atoms with Gasteiger partial charge in [0.05, 0.1) is 6.61 Å². The maximum absolute atomic E-state index is 6.89. The van der Waals surface area contributed by atoms with Crippen LogP contribution in [0.3, 0.4) is 0 Å². The quantitative estimate of drug-likeness (QED) is 0.502. The molecule has 0 aliphatic heterocycles. The zero-order valence-corrected chi connectivity index (χ0v) is 7.84. The molecule has 67 valence electrons. The summed E-state index contributed by atoms with van der Waals surface area (Å²) in [5, 5.41) is 0. The molecule has 0 heterocycles. The van der Waals surface area contributed by atoms with Gasteiger partial charge < -0.3 is 4.74 Å². The largest absolute Gasteiger partial charge is 0.494 e. The fourth-order valence-electron chi connectivity index (χ4n) is 0.969. The summed E-state index contributed by atoms with van der Waals surface area (Å²) in [4.78, 5) is 0. The minimum absolute atomic E-state index is 0.768. The molecule has 0 fully saturated rings. The first kappa shape index (κ1) is 9.67. The van der Waals surface area contributed by atoms with Crippen LogP contribution in [0.5, 0.6) is 5.75 Å². The van der Waals surface area contributed by atoms with E-state index in [9.17, 15) is 0 Å². The summed E-state index contributed by atoms with van der Waals surface area (Å²) in [6.45, 7) is 2.90. The van der Waals surface area contributed by atoms with Crippen molar-refractivity contribution in [2.45, 2.75) is 19.8 Å². The zero-order valence-electron chi connectivity index (χ0n) is 7.84. The molecule has 13 heavy (non-hydrogen) atoms. The first-order valence-electron chi connectivity index (χ1n) is 4.52. The van der Waals surface area contributed by atoms with Crippen LogP contribution in [0.2, 0.25) is 0 Å². The van der Waals surface area contributed by atoms with Crippen molar-refractivity contribution in [2.24, 2.45) is 0 Å². The number of ether oxygens (including phenoxy) is 1. The summed E-state index contributed by atoms with van der Waals surface area (Å²) >= 11 is 0. The Balaban J connectivity index is 2.46. The molecule has 0 atom stereocenters. The third kappa shape index (κ3) is 3.21. The Kier molecular flexibility index (Phi) is 3.92. The summed E-state index contributed by atoms with van der Waals surface area (Å²) in [6, 6.07) is 7.39. The van der Waals surface area contributed by atoms with Crippen LogP contribution >= 0.6 is 0 Å². The molecule has 0 amide bonds. The second-order valence-corrected chi connectivity index (χ2v) is 2.85. The molecule has 1 nitrogen and oxygen atoms in total. The predicted octanol–water partition coefficient (Wildman–Crippen LogP) is 2.80. The normalized spacial score (nSPS) is 9.23. The molecule has 1 rings (SSSR count). The van der Waals surface area contributed by atoms with Gasteiger partial charge in [0.15, 0.2) is 0 Å². The van der Waals surface area contributed by atoms with Crippen molar-refractivity contribution in [1.29, 1.82) is 0 Å². The van der Waals surface area contributed by atoms with E-state index >= 15 is 0 Å². The van der Waals surface area contributed by atoms with Crippen LogP contribution < -0.4 is 4.74 Å². The molecular weight excluding hydrogens is 160 g/mol. The van der Waals surface area contributed by atoms with Crippen LogP contribution in [0.4, 0.5) is 0 Å². The van der Waals surface area contributed by atoms with Crippen molar-refractivity contribution in [3.63, 3.8) is 0 Å². The maximum Gasteiger partial charge on any atom is 0.119 e. The molecule has 0 spiro atoms. The van der Waals surface area contributed by atoms with E-state index in [4.69, 9.17) is 11.2 Å². The molecule has 1 aromatic carbocycles. The van der Waals surface area contributed by atoms with Gasteiger partial charge in [0.1, 0.15) is 5.75 Å². The molecule has 0 aromatic heterocycles. The van der Waals surface area contributed by atoms with Gasteiger partial charge >= 0.3 is 0 Å². The predicted molar refractivity (Wildman–Crippen MR) is 53.1 cm³/mol. The number of rotatable bonds is 4. The Labute approximate surface area is 79.7 Å². The van der Waals surface area contributed by atoms with Crippen LogP contribution in [-0.2, 0) is 0 Å². The highest BCUT2D eigenvalue weighted by Gasteiger charge is 1.92. The zero-order chi connectivity index (χ0) is 9.52. The molecule has 0 N–H and O–H groups in total. The van der Waals surface area contributed by atoms with E-state index in [0.29, 0.717) is 0 Å². The van der Waals surface area contributed by atoms with Gasteiger partial charge in [0.2, 0.25) is 0 Å². The van der Waals surface area contributed by atoms with Gasteiger partial charge in [-0.25, -0.2) is 0 Å². The van der Waals surface area contributed by atoms with Gasteiger partial charge in [-0.15, -0.1) is 0 Å². The van der Waals surface area contributed by atoms with E-state index in [0.717, 1.165) is 30.8 Å². The van der Waals surface area contributed by atoms with E-state index in [1.807, 2.05) is 24.3 Å². The molecular formula is C12H13O. The lowest BCUT2D eigenvalue weighted by atomic mass is 10.2. The average Bonchev–Trinajstić information content (AvgIpc) is 2.19. The third-order valence-corrected chi connectivity index (χ3v) is 1.77. The van der Waals surface area contributed by atoms with Crippen LogP contribution in [-0.4, -0.2) is 6.61 Å². The molecule has 0 unspecified atom stereocenters. The summed E-state index contributed by atoms with van der Waals surface area (Å²) in [7, 11) is 0. The lowest BCUT2D eigenvalue weighted by Gasteiger charge is -2.04. The molecule has 0 bridgehead atoms. The lowest BCUT2D eigenvalue weighted by Crippen LogP contribution is -1.95. The van der Waals surface area contributed by atoms with Gasteiger partial charge in [-0.3, -0.25) is 0 Å². The Morgan fingerprint density at radius 3 is 2.54 bits per heavy atom. The van der Waals surface area contributed by atoms with Gasteiger partial charge in [-0.05, 0) is 37.1 Å². The van der Waals surface area contributed by atoms with E-state index in [-0.39, 0.29) is 0 Å². The Morgan fingerprint density at radius 2 is 2.00 bits per heavy atom. The van der Waals surface area contributed by atoms with Crippen LogP contribution in [0.15, 0.2) is 24.3 Å². The van der Waals surface area contributed by atoms with E-state index in [1.54, 1.807) is 0 Å². The monoisotopic (exact) mass is 173 g/mol. The summed E-state index contributed by atoms with van der Waals surface area (Å²) in [5.41, 5.74) is 0.780. The van der Waals surface area contributed by atoms with Crippen molar-refractivity contribution in [3.05, 3.63) is 36.3 Å². The smallest absolute Gasteiger partial charge is 0.119 e. The first-order chi connectivity index (χ1) is 6.36. The molecule has 0 saturated heterocycles. The van der Waals surface area contributed by atoms with Gasteiger partial charge in [0, 0.05) is 5.56 Å². The van der Waals surface area contributed by atoms with Gasteiger partial charge in [-0.2, -0.15) is 0 Å². The number of hydrogen-bond donors (Lipinski definition) is 0. The fraction of sp³-hybridized carbons (Fsp3) is 0.333. The minimum Gasteiger partial charge on any atom is -0.494 e. The molecule has 0 saturated carbocycles. The number of hydrogen-bond acceptors (Lipinski definition) is 1. The van der Waals surface area contributed by atoms with Crippen molar-refractivity contribution in [3.8, 4) is 11.7 Å². The highest BCUT2D eigenvalue weighted by Crippen LogP contribution is 2.11. The maximum atomic E-state index is 6.89. The van der Waals surface area contributed by atoms with E-state index in [2.05, 4.69) is 12.8 Å². The molecule has 0 aliphatic carbocycles. The van der Waals surface area contributed by atoms with Crippen molar-refractivity contribution in [1.82, 2.24) is 0 Å². The SMILES string of the molecule is [C]#Cc1ccc(OCCCC)cc1. The average molecular weight is 173 g/mol. The van der Waals surface area contributed by atoms with Gasteiger partial charge in [0.25, 0.3) is 0 Å². The van der Waals surface area contributed by atoms with Crippen LogP contribution in [0.1, 0.15) is 25.3 Å². The van der Waals surface area contributed by atoms with E-state index in [1.165, 1.54) is 0 Å². The summed E-state index contributed by atoms with van der Waals surface area (Å²) in [6.07, 6.45) is 9.12. The number of benzene rings is 1. The van der Waals surface area contributed by atoms with Crippen molar-refractivity contribution in [2.75, 3.05) is 6.61 Å². The highest BCUT2D eigenvalue weighted by atomic mass is 16.5. The lowest BCUT2D eigenvalue weighted by molar-refractivity contribution is 0.309. The third-order valence-electron chi connectivity index (χ3n) is 1.77. The first-order valence-corrected chi connectivity index (χ1v) is 4.52. The molecule has 0 aliphatic rings. The van der Waals surface area contributed by atoms with E-state index < -0.39 is 0 Å². The second kappa shape index (κ2) is 5.27. The minimum atomic E-state index is 0.768. The molecule has 1 aromatic rings. The van der Waals surface area contributed by atoms with Crippen LogP contribution in [0.25, 0.3) is 0 Å². The molecule has 1 radical (unpaired) electrons. The topological polar surface area (TPSA) is 9.23 Å². The molecule has 1 heteroatoms. The second-order valence-electron chi connectivity index (χ2n) is 2.85. The summed E-state index contributed by atoms with van der Waals surface area (Å²) in [5.74, 6) is 3.18. The van der Waals surface area contributed by atoms with Gasteiger partial charge in [-0.1, -0.05) is 19.3 Å². The Hall–Kier alpha value is -1.42. The number of unbranched alkanes of at least 4 members (excludes halogenated alkanes) is 1. The van der Waals surface area contributed by atoms with Crippen LogP contribution in [0, 0.1) is 12.3 Å². The van der Waals surface area contributed by atoms with Crippen molar-refractivity contribution < 1.29 is 4.74 Å². The Bertz CT molecular complexity index is 279.